The van der Waals surface area contributed by atoms with Gasteiger partial charge in [-0.3, -0.25) is 4.79 Å². The summed E-state index contributed by atoms with van der Waals surface area (Å²) >= 11 is 0. The SMILES string of the molecule is Cc1nc(COc2ccc(C(=O)Nc3ccc4ccccc4n3)cc2)no1. The number of aromatic nitrogens is 3. The summed E-state index contributed by atoms with van der Waals surface area (Å²) in [6.45, 7) is 1.91. The third kappa shape index (κ3) is 3.92. The first-order chi connectivity index (χ1) is 13.2. The first kappa shape index (κ1) is 16.7. The second-order valence-electron chi connectivity index (χ2n) is 5.89. The summed E-state index contributed by atoms with van der Waals surface area (Å²) in [6, 6.07) is 18.3. The van der Waals surface area contributed by atoms with Crippen LogP contribution in [0, 0.1) is 6.92 Å². The van der Waals surface area contributed by atoms with Crippen LogP contribution in [0.2, 0.25) is 0 Å². The van der Waals surface area contributed by atoms with Crippen LogP contribution in [0.25, 0.3) is 10.9 Å². The van der Waals surface area contributed by atoms with E-state index in [9.17, 15) is 4.79 Å². The minimum absolute atomic E-state index is 0.198. The van der Waals surface area contributed by atoms with Gasteiger partial charge in [-0.15, -0.1) is 0 Å². The number of para-hydroxylation sites is 1. The molecule has 0 bridgehead atoms. The minimum atomic E-state index is -0.238. The summed E-state index contributed by atoms with van der Waals surface area (Å²) in [5, 5.41) is 7.59. The maximum absolute atomic E-state index is 12.4. The molecule has 0 fully saturated rings. The van der Waals surface area contributed by atoms with Gasteiger partial charge in [0.25, 0.3) is 5.91 Å². The molecule has 27 heavy (non-hydrogen) atoms. The Kier molecular flexibility index (Phi) is 4.49. The molecule has 0 unspecified atom stereocenters. The second-order valence-corrected chi connectivity index (χ2v) is 5.89. The molecule has 0 saturated carbocycles. The van der Waals surface area contributed by atoms with Gasteiger partial charge < -0.3 is 14.6 Å². The Bertz CT molecular complexity index is 1090. The Morgan fingerprint density at radius 2 is 1.85 bits per heavy atom. The summed E-state index contributed by atoms with van der Waals surface area (Å²) in [5.74, 6) is 1.84. The number of ether oxygens (including phenoxy) is 1. The zero-order valence-electron chi connectivity index (χ0n) is 14.5. The van der Waals surface area contributed by atoms with Crippen LogP contribution in [0.3, 0.4) is 0 Å². The van der Waals surface area contributed by atoms with Crippen LogP contribution in [0.15, 0.2) is 65.2 Å². The van der Waals surface area contributed by atoms with Crippen molar-refractivity contribution in [3.05, 3.63) is 77.9 Å². The molecule has 7 heteroatoms. The van der Waals surface area contributed by atoms with Crippen LogP contribution >= 0.6 is 0 Å². The molecule has 2 heterocycles. The molecule has 0 spiro atoms. The molecular formula is C20H16N4O3. The highest BCUT2D eigenvalue weighted by Gasteiger charge is 2.08. The zero-order chi connectivity index (χ0) is 18.6. The number of pyridine rings is 1. The third-order valence-corrected chi connectivity index (χ3v) is 3.89. The first-order valence-electron chi connectivity index (χ1n) is 8.36. The van der Waals surface area contributed by atoms with Gasteiger partial charge in [0.15, 0.2) is 6.61 Å². The Labute approximate surface area is 155 Å². The molecule has 1 amide bonds. The number of nitrogens with one attached hydrogen (secondary N) is 1. The van der Waals surface area contributed by atoms with E-state index in [4.69, 9.17) is 9.26 Å². The third-order valence-electron chi connectivity index (χ3n) is 3.89. The molecule has 0 aliphatic carbocycles. The zero-order valence-corrected chi connectivity index (χ0v) is 14.5. The van der Waals surface area contributed by atoms with Gasteiger partial charge in [-0.05, 0) is 42.5 Å². The summed E-state index contributed by atoms with van der Waals surface area (Å²) < 4.78 is 10.5. The molecule has 0 aliphatic rings. The lowest BCUT2D eigenvalue weighted by Gasteiger charge is -2.07. The molecule has 4 rings (SSSR count). The van der Waals surface area contributed by atoms with E-state index >= 15 is 0 Å². The highest BCUT2D eigenvalue weighted by molar-refractivity contribution is 6.04. The summed E-state index contributed by atoms with van der Waals surface area (Å²) in [7, 11) is 0. The Morgan fingerprint density at radius 3 is 2.63 bits per heavy atom. The second kappa shape index (κ2) is 7.25. The number of benzene rings is 2. The van der Waals surface area contributed by atoms with Gasteiger partial charge >= 0.3 is 0 Å². The van der Waals surface area contributed by atoms with Gasteiger partial charge in [0.2, 0.25) is 11.7 Å². The van der Waals surface area contributed by atoms with E-state index in [0.717, 1.165) is 10.9 Å². The summed E-state index contributed by atoms with van der Waals surface area (Å²) in [4.78, 5) is 20.9. The molecule has 0 aliphatic heterocycles. The number of aryl methyl sites for hydroxylation is 1. The lowest BCUT2D eigenvalue weighted by atomic mass is 10.2. The lowest BCUT2D eigenvalue weighted by Crippen LogP contribution is -2.12. The van der Waals surface area contributed by atoms with E-state index in [1.165, 1.54) is 0 Å². The quantitative estimate of drug-likeness (QED) is 0.583. The molecule has 7 nitrogen and oxygen atoms in total. The fourth-order valence-electron chi connectivity index (χ4n) is 2.57. The van der Waals surface area contributed by atoms with E-state index in [2.05, 4.69) is 20.4 Å². The van der Waals surface area contributed by atoms with Crippen molar-refractivity contribution in [3.8, 4) is 5.75 Å². The Morgan fingerprint density at radius 1 is 1.04 bits per heavy atom. The number of nitrogens with zero attached hydrogens (tertiary/aromatic N) is 3. The highest BCUT2D eigenvalue weighted by atomic mass is 16.5. The lowest BCUT2D eigenvalue weighted by molar-refractivity contribution is 0.102. The number of rotatable bonds is 5. The molecule has 134 valence electrons. The van der Waals surface area contributed by atoms with E-state index in [1.807, 2.05) is 30.3 Å². The average Bonchev–Trinajstić information content (AvgIpc) is 3.12. The van der Waals surface area contributed by atoms with Crippen molar-refractivity contribution in [1.82, 2.24) is 15.1 Å². The fraction of sp³-hybridized carbons (Fsp3) is 0.100. The van der Waals surface area contributed by atoms with Crippen LogP contribution in [-0.2, 0) is 6.61 Å². The molecule has 4 aromatic rings. The number of hydrogen-bond acceptors (Lipinski definition) is 6. The summed E-state index contributed by atoms with van der Waals surface area (Å²) in [5.41, 5.74) is 1.34. The maximum atomic E-state index is 12.4. The van der Waals surface area contributed by atoms with Crippen molar-refractivity contribution >= 4 is 22.6 Å². The van der Waals surface area contributed by atoms with E-state index in [1.54, 1.807) is 37.3 Å². The van der Waals surface area contributed by atoms with Gasteiger partial charge in [0, 0.05) is 17.9 Å². The molecular weight excluding hydrogens is 344 g/mol. The van der Waals surface area contributed by atoms with Crippen molar-refractivity contribution in [1.29, 1.82) is 0 Å². The predicted octanol–water partition coefficient (Wildman–Crippen LogP) is 3.76. The van der Waals surface area contributed by atoms with Crippen molar-refractivity contribution < 1.29 is 14.1 Å². The van der Waals surface area contributed by atoms with Gasteiger partial charge in [-0.2, -0.15) is 4.98 Å². The van der Waals surface area contributed by atoms with Gasteiger partial charge in [-0.25, -0.2) is 4.98 Å². The van der Waals surface area contributed by atoms with Crippen LogP contribution in [0.4, 0.5) is 5.82 Å². The van der Waals surface area contributed by atoms with Gasteiger partial charge in [0.1, 0.15) is 11.6 Å². The van der Waals surface area contributed by atoms with Gasteiger partial charge in [0.05, 0.1) is 5.52 Å². The number of hydrogen-bond donors (Lipinski definition) is 1. The van der Waals surface area contributed by atoms with Crippen LogP contribution in [0.5, 0.6) is 5.75 Å². The monoisotopic (exact) mass is 360 g/mol. The standard InChI is InChI=1S/C20H16N4O3/c1-13-21-19(24-27-13)12-26-16-9-6-15(7-10-16)20(25)23-18-11-8-14-4-2-3-5-17(14)22-18/h2-11H,12H2,1H3,(H,22,23,25). The van der Waals surface area contributed by atoms with Crippen molar-refractivity contribution in [2.45, 2.75) is 13.5 Å². The number of fused-ring (bicyclic) bond motifs is 1. The topological polar surface area (TPSA) is 90.1 Å². The van der Waals surface area contributed by atoms with E-state index in [0.29, 0.717) is 28.8 Å². The average molecular weight is 360 g/mol. The van der Waals surface area contributed by atoms with Gasteiger partial charge in [-0.1, -0.05) is 23.4 Å². The van der Waals surface area contributed by atoms with Crippen molar-refractivity contribution in [3.63, 3.8) is 0 Å². The molecule has 0 radical (unpaired) electrons. The molecule has 2 aromatic heterocycles. The number of amides is 1. The largest absolute Gasteiger partial charge is 0.485 e. The maximum Gasteiger partial charge on any atom is 0.256 e. The molecule has 2 aromatic carbocycles. The molecule has 1 N–H and O–H groups in total. The number of carbonyl (C=O) groups excluding carboxylic acids is 1. The smallest absolute Gasteiger partial charge is 0.256 e. The molecule has 0 saturated heterocycles. The fourth-order valence-corrected chi connectivity index (χ4v) is 2.57. The number of anilines is 1. The summed E-state index contributed by atoms with van der Waals surface area (Å²) in [6.07, 6.45) is 0. The van der Waals surface area contributed by atoms with Crippen LogP contribution in [-0.4, -0.2) is 21.0 Å². The number of carbonyl (C=O) groups is 1. The van der Waals surface area contributed by atoms with E-state index < -0.39 is 0 Å². The van der Waals surface area contributed by atoms with Crippen molar-refractivity contribution in [2.75, 3.05) is 5.32 Å². The minimum Gasteiger partial charge on any atom is -0.485 e. The highest BCUT2D eigenvalue weighted by Crippen LogP contribution is 2.17. The van der Waals surface area contributed by atoms with E-state index in [-0.39, 0.29) is 12.5 Å². The normalized spacial score (nSPS) is 10.7. The molecule has 0 atom stereocenters. The van der Waals surface area contributed by atoms with Crippen LogP contribution < -0.4 is 10.1 Å². The Balaban J connectivity index is 1.40. The first-order valence-corrected chi connectivity index (χ1v) is 8.36. The Hall–Kier alpha value is -3.74. The van der Waals surface area contributed by atoms with Crippen LogP contribution in [0.1, 0.15) is 22.1 Å². The van der Waals surface area contributed by atoms with Crippen molar-refractivity contribution in [2.24, 2.45) is 0 Å². The predicted molar refractivity (Wildman–Crippen MR) is 99.5 cm³/mol.